The number of methoxy groups -OCH3 is 1. The maximum absolute atomic E-state index is 12.9. The molecule has 5 nitrogen and oxygen atoms in total. The third-order valence-electron chi connectivity index (χ3n) is 2.69. The van der Waals surface area contributed by atoms with Crippen molar-refractivity contribution in [3.8, 4) is 5.75 Å². The van der Waals surface area contributed by atoms with Crippen LogP contribution in [0.5, 0.6) is 5.75 Å². The Bertz CT molecular complexity index is 564. The van der Waals surface area contributed by atoms with Crippen molar-refractivity contribution in [2.75, 3.05) is 20.3 Å². The van der Waals surface area contributed by atoms with Crippen LogP contribution in [-0.2, 0) is 10.0 Å². The minimum absolute atomic E-state index is 0.0629. The average molecular weight is 309 g/mol. The standard InChI is InChI=1S/C12H17F2NO4S/c1-8-4-10(19-3)5-9(2)11(8)20(17,18)15-6-12(13,14)7-16/h4-5,15-16H,6-7H2,1-3H3. The highest BCUT2D eigenvalue weighted by atomic mass is 32.2. The predicted octanol–water partition coefficient (Wildman–Crippen LogP) is 1.22. The fraction of sp³-hybridized carbons (Fsp3) is 0.500. The summed E-state index contributed by atoms with van der Waals surface area (Å²) < 4.78 is 56.8. The van der Waals surface area contributed by atoms with E-state index in [4.69, 9.17) is 9.84 Å². The van der Waals surface area contributed by atoms with Gasteiger partial charge in [0.15, 0.2) is 0 Å². The molecule has 1 aromatic rings. The second-order valence-electron chi connectivity index (χ2n) is 4.43. The molecule has 0 aliphatic rings. The quantitative estimate of drug-likeness (QED) is 0.828. The van der Waals surface area contributed by atoms with Gasteiger partial charge in [-0.2, -0.15) is 0 Å². The zero-order valence-corrected chi connectivity index (χ0v) is 12.2. The van der Waals surface area contributed by atoms with Crippen LogP contribution >= 0.6 is 0 Å². The molecular formula is C12H17F2NO4S. The van der Waals surface area contributed by atoms with Gasteiger partial charge in [0.2, 0.25) is 10.0 Å². The molecular weight excluding hydrogens is 292 g/mol. The molecule has 0 unspecified atom stereocenters. The van der Waals surface area contributed by atoms with Gasteiger partial charge in [0.25, 0.3) is 5.92 Å². The molecule has 1 rings (SSSR count). The lowest BCUT2D eigenvalue weighted by molar-refractivity contribution is -0.0437. The molecule has 0 aliphatic carbocycles. The van der Waals surface area contributed by atoms with E-state index in [1.54, 1.807) is 13.8 Å². The number of aliphatic hydroxyl groups excluding tert-OH is 1. The summed E-state index contributed by atoms with van der Waals surface area (Å²) in [7, 11) is -2.64. The van der Waals surface area contributed by atoms with Crippen molar-refractivity contribution in [2.45, 2.75) is 24.7 Å². The largest absolute Gasteiger partial charge is 0.497 e. The van der Waals surface area contributed by atoms with Crippen LogP contribution in [0.1, 0.15) is 11.1 Å². The van der Waals surface area contributed by atoms with Gasteiger partial charge in [0.1, 0.15) is 12.4 Å². The Balaban J connectivity index is 3.11. The summed E-state index contributed by atoms with van der Waals surface area (Å²) in [5.74, 6) is -3.01. The van der Waals surface area contributed by atoms with Gasteiger partial charge in [-0.1, -0.05) is 0 Å². The summed E-state index contributed by atoms with van der Waals surface area (Å²) in [5.41, 5.74) is 0.781. The maximum atomic E-state index is 12.9. The highest BCUT2D eigenvalue weighted by Gasteiger charge is 2.31. The zero-order chi connectivity index (χ0) is 15.6. The lowest BCUT2D eigenvalue weighted by atomic mass is 10.1. The van der Waals surface area contributed by atoms with E-state index in [-0.39, 0.29) is 4.90 Å². The van der Waals surface area contributed by atoms with E-state index in [9.17, 15) is 17.2 Å². The lowest BCUT2D eigenvalue weighted by Gasteiger charge is -2.17. The van der Waals surface area contributed by atoms with Crippen molar-refractivity contribution >= 4 is 10.0 Å². The fourth-order valence-corrected chi connectivity index (χ4v) is 3.29. The molecule has 0 heterocycles. The minimum atomic E-state index is -4.09. The van der Waals surface area contributed by atoms with Crippen LogP contribution in [0.2, 0.25) is 0 Å². The molecule has 20 heavy (non-hydrogen) atoms. The molecule has 1 aromatic carbocycles. The maximum Gasteiger partial charge on any atom is 0.283 e. The van der Waals surface area contributed by atoms with Gasteiger partial charge in [-0.15, -0.1) is 0 Å². The Morgan fingerprint density at radius 3 is 2.20 bits per heavy atom. The third-order valence-corrected chi connectivity index (χ3v) is 4.40. The van der Waals surface area contributed by atoms with Crippen molar-refractivity contribution in [2.24, 2.45) is 0 Å². The summed E-state index contributed by atoms with van der Waals surface area (Å²) >= 11 is 0. The lowest BCUT2D eigenvalue weighted by Crippen LogP contribution is -2.39. The summed E-state index contributed by atoms with van der Waals surface area (Å²) in [4.78, 5) is -0.0629. The number of ether oxygens (including phenoxy) is 1. The first kappa shape index (κ1) is 16.8. The molecule has 0 atom stereocenters. The average Bonchev–Trinajstić information content (AvgIpc) is 2.35. The number of aliphatic hydroxyl groups is 1. The van der Waals surface area contributed by atoms with Crippen LogP contribution in [-0.4, -0.2) is 39.7 Å². The third kappa shape index (κ3) is 3.87. The SMILES string of the molecule is COc1cc(C)c(S(=O)(=O)NCC(F)(F)CO)c(C)c1. The number of aryl methyl sites for hydroxylation is 2. The van der Waals surface area contributed by atoms with Gasteiger partial charge < -0.3 is 9.84 Å². The van der Waals surface area contributed by atoms with E-state index in [1.807, 2.05) is 4.72 Å². The molecule has 0 amide bonds. The molecule has 0 saturated carbocycles. The molecule has 114 valence electrons. The van der Waals surface area contributed by atoms with E-state index in [2.05, 4.69) is 0 Å². The number of hydrogen-bond acceptors (Lipinski definition) is 4. The van der Waals surface area contributed by atoms with Crippen molar-refractivity contribution in [3.05, 3.63) is 23.3 Å². The summed E-state index contributed by atoms with van der Waals surface area (Å²) in [5, 5.41) is 8.44. The highest BCUT2D eigenvalue weighted by Crippen LogP contribution is 2.25. The van der Waals surface area contributed by atoms with Gasteiger partial charge in [0, 0.05) is 0 Å². The number of alkyl halides is 2. The van der Waals surface area contributed by atoms with Crippen LogP contribution in [0.15, 0.2) is 17.0 Å². The van der Waals surface area contributed by atoms with E-state index in [0.717, 1.165) is 0 Å². The zero-order valence-electron chi connectivity index (χ0n) is 11.4. The Morgan fingerprint density at radius 2 is 1.80 bits per heavy atom. The summed E-state index contributed by atoms with van der Waals surface area (Å²) in [6, 6.07) is 3.01. The Hall–Kier alpha value is -1.25. The van der Waals surface area contributed by atoms with Gasteiger partial charge in [-0.05, 0) is 37.1 Å². The molecule has 0 aromatic heterocycles. The van der Waals surface area contributed by atoms with Crippen molar-refractivity contribution in [1.29, 1.82) is 0 Å². The first-order valence-corrected chi connectivity index (χ1v) is 7.25. The van der Waals surface area contributed by atoms with Crippen molar-refractivity contribution in [3.63, 3.8) is 0 Å². The monoisotopic (exact) mass is 309 g/mol. The molecule has 0 radical (unpaired) electrons. The molecule has 2 N–H and O–H groups in total. The second kappa shape index (κ2) is 6.02. The molecule has 0 aliphatic heterocycles. The second-order valence-corrected chi connectivity index (χ2v) is 6.13. The van der Waals surface area contributed by atoms with Crippen LogP contribution in [0, 0.1) is 13.8 Å². The van der Waals surface area contributed by atoms with Crippen LogP contribution in [0.4, 0.5) is 8.78 Å². The van der Waals surface area contributed by atoms with Crippen molar-refractivity contribution < 1.29 is 27.0 Å². The highest BCUT2D eigenvalue weighted by molar-refractivity contribution is 7.89. The van der Waals surface area contributed by atoms with Crippen LogP contribution < -0.4 is 9.46 Å². The van der Waals surface area contributed by atoms with Gasteiger partial charge in [-0.25, -0.2) is 21.9 Å². The number of halogens is 2. The van der Waals surface area contributed by atoms with Gasteiger partial charge >= 0.3 is 0 Å². The molecule has 0 spiro atoms. The fourth-order valence-electron chi connectivity index (χ4n) is 1.78. The number of rotatable bonds is 6. The Labute approximate surface area is 116 Å². The van der Waals surface area contributed by atoms with E-state index < -0.39 is 29.1 Å². The van der Waals surface area contributed by atoms with E-state index in [1.165, 1.54) is 19.2 Å². The minimum Gasteiger partial charge on any atom is -0.497 e. The molecule has 0 saturated heterocycles. The van der Waals surface area contributed by atoms with Crippen molar-refractivity contribution in [1.82, 2.24) is 4.72 Å². The number of benzene rings is 1. The van der Waals surface area contributed by atoms with E-state index in [0.29, 0.717) is 16.9 Å². The molecule has 0 bridgehead atoms. The number of hydrogen-bond donors (Lipinski definition) is 2. The van der Waals surface area contributed by atoms with Crippen LogP contribution in [0.25, 0.3) is 0 Å². The predicted molar refractivity (Wildman–Crippen MR) is 69.7 cm³/mol. The summed E-state index contributed by atoms with van der Waals surface area (Å²) in [6.45, 7) is 0.523. The van der Waals surface area contributed by atoms with Gasteiger partial charge in [0.05, 0.1) is 18.6 Å². The van der Waals surface area contributed by atoms with Gasteiger partial charge in [-0.3, -0.25) is 0 Å². The first-order chi connectivity index (χ1) is 9.13. The number of sulfonamides is 1. The van der Waals surface area contributed by atoms with Crippen LogP contribution in [0.3, 0.4) is 0 Å². The van der Waals surface area contributed by atoms with E-state index >= 15 is 0 Å². The Morgan fingerprint density at radius 1 is 1.30 bits per heavy atom. The smallest absolute Gasteiger partial charge is 0.283 e. The summed E-state index contributed by atoms with van der Waals surface area (Å²) in [6.07, 6.45) is 0. The molecule has 8 heteroatoms. The first-order valence-electron chi connectivity index (χ1n) is 5.76. The normalized spacial score (nSPS) is 12.5. The Kier molecular flexibility index (Phi) is 5.06. The topological polar surface area (TPSA) is 75.6 Å². The number of nitrogens with one attached hydrogen (secondary N) is 1. The molecule has 0 fully saturated rings.